The SMILES string of the molecule is CCN(C(=O)NC)c1cc(C(C)(C)C)ns1. The van der Waals surface area contributed by atoms with Gasteiger partial charge in [-0.1, -0.05) is 20.8 Å². The number of anilines is 1. The molecule has 1 rings (SSSR count). The van der Waals surface area contributed by atoms with Crippen LogP contribution in [0.15, 0.2) is 6.07 Å². The average Bonchev–Trinajstić information content (AvgIpc) is 2.67. The Morgan fingerprint density at radius 3 is 2.56 bits per heavy atom. The fourth-order valence-corrected chi connectivity index (χ4v) is 2.27. The Balaban J connectivity index is 2.96. The molecule has 90 valence electrons. The summed E-state index contributed by atoms with van der Waals surface area (Å²) < 4.78 is 4.39. The van der Waals surface area contributed by atoms with Crippen LogP contribution in [0, 0.1) is 0 Å². The number of amides is 2. The normalized spacial score (nSPS) is 11.3. The van der Waals surface area contributed by atoms with Gasteiger partial charge < -0.3 is 5.32 Å². The molecule has 1 heterocycles. The van der Waals surface area contributed by atoms with Gasteiger partial charge in [0.2, 0.25) is 0 Å². The van der Waals surface area contributed by atoms with Crippen LogP contribution in [0.2, 0.25) is 0 Å². The quantitative estimate of drug-likeness (QED) is 0.865. The number of nitrogens with one attached hydrogen (secondary N) is 1. The number of nitrogens with zero attached hydrogens (tertiary/aromatic N) is 2. The number of hydrogen-bond acceptors (Lipinski definition) is 3. The first kappa shape index (κ1) is 13.0. The molecule has 0 radical (unpaired) electrons. The van der Waals surface area contributed by atoms with E-state index >= 15 is 0 Å². The maximum absolute atomic E-state index is 11.6. The van der Waals surface area contributed by atoms with Gasteiger partial charge in [0.1, 0.15) is 5.00 Å². The zero-order valence-electron chi connectivity index (χ0n) is 10.5. The zero-order chi connectivity index (χ0) is 12.3. The van der Waals surface area contributed by atoms with Crippen molar-refractivity contribution in [3.05, 3.63) is 11.8 Å². The molecular weight excluding hydrogens is 222 g/mol. The van der Waals surface area contributed by atoms with Gasteiger partial charge >= 0.3 is 6.03 Å². The van der Waals surface area contributed by atoms with Crippen LogP contribution in [0.1, 0.15) is 33.4 Å². The number of rotatable bonds is 2. The van der Waals surface area contributed by atoms with Gasteiger partial charge in [0, 0.05) is 19.0 Å². The van der Waals surface area contributed by atoms with Crippen LogP contribution in [0.5, 0.6) is 0 Å². The third kappa shape index (κ3) is 2.72. The second-order valence-electron chi connectivity index (χ2n) is 4.60. The predicted molar refractivity (Wildman–Crippen MR) is 68.3 cm³/mol. The Hall–Kier alpha value is -1.10. The van der Waals surface area contributed by atoms with Crippen molar-refractivity contribution in [2.45, 2.75) is 33.1 Å². The molecule has 4 nitrogen and oxygen atoms in total. The number of carbonyl (C=O) groups is 1. The fourth-order valence-electron chi connectivity index (χ4n) is 1.28. The standard InChI is InChI=1S/C11H19N3OS/c1-6-14(10(15)12-5)9-7-8(13-16-9)11(2,3)4/h7H,6H2,1-5H3,(H,12,15). The van der Waals surface area contributed by atoms with Crippen LogP contribution < -0.4 is 10.2 Å². The molecular formula is C11H19N3OS. The largest absolute Gasteiger partial charge is 0.341 e. The molecule has 5 heteroatoms. The van der Waals surface area contributed by atoms with Gasteiger partial charge in [-0.05, 0) is 24.5 Å². The summed E-state index contributed by atoms with van der Waals surface area (Å²) >= 11 is 1.37. The van der Waals surface area contributed by atoms with E-state index < -0.39 is 0 Å². The molecule has 0 aromatic carbocycles. The number of carbonyl (C=O) groups excluding carboxylic acids is 1. The molecule has 0 spiro atoms. The molecule has 16 heavy (non-hydrogen) atoms. The van der Waals surface area contributed by atoms with Crippen molar-refractivity contribution >= 4 is 22.6 Å². The average molecular weight is 241 g/mol. The van der Waals surface area contributed by atoms with Crippen LogP contribution in [0.3, 0.4) is 0 Å². The van der Waals surface area contributed by atoms with Gasteiger partial charge in [-0.15, -0.1) is 0 Å². The van der Waals surface area contributed by atoms with E-state index in [2.05, 4.69) is 30.5 Å². The van der Waals surface area contributed by atoms with Gasteiger partial charge in [0.15, 0.2) is 0 Å². The molecule has 0 aliphatic heterocycles. The lowest BCUT2D eigenvalue weighted by Gasteiger charge is -2.18. The van der Waals surface area contributed by atoms with Gasteiger partial charge in [0.05, 0.1) is 5.69 Å². The second kappa shape index (κ2) is 4.82. The van der Waals surface area contributed by atoms with Crippen molar-refractivity contribution in [2.24, 2.45) is 0 Å². The summed E-state index contributed by atoms with van der Waals surface area (Å²) in [7, 11) is 1.64. The van der Waals surface area contributed by atoms with E-state index in [-0.39, 0.29) is 11.4 Å². The summed E-state index contributed by atoms with van der Waals surface area (Å²) in [5.41, 5.74) is 1.05. The van der Waals surface area contributed by atoms with Crippen LogP contribution in [0.4, 0.5) is 9.80 Å². The number of hydrogen-bond donors (Lipinski definition) is 1. The Bertz CT molecular complexity index is 368. The molecule has 0 atom stereocenters. The van der Waals surface area contributed by atoms with E-state index in [4.69, 9.17) is 0 Å². The minimum Gasteiger partial charge on any atom is -0.341 e. The number of aromatic nitrogens is 1. The van der Waals surface area contributed by atoms with E-state index in [1.165, 1.54) is 11.5 Å². The second-order valence-corrected chi connectivity index (χ2v) is 5.38. The van der Waals surface area contributed by atoms with Gasteiger partial charge in [-0.25, -0.2) is 4.79 Å². The van der Waals surface area contributed by atoms with Crippen LogP contribution in [-0.2, 0) is 5.41 Å². The molecule has 1 aromatic rings. The van der Waals surface area contributed by atoms with Gasteiger partial charge in [0.25, 0.3) is 0 Å². The topological polar surface area (TPSA) is 45.2 Å². The highest BCUT2D eigenvalue weighted by molar-refractivity contribution is 7.10. The van der Waals surface area contributed by atoms with Crippen molar-refractivity contribution in [1.82, 2.24) is 9.69 Å². The summed E-state index contributed by atoms with van der Waals surface area (Å²) in [5.74, 6) is 0. The minimum atomic E-state index is -0.0911. The molecule has 0 aliphatic rings. The molecule has 0 aliphatic carbocycles. The highest BCUT2D eigenvalue weighted by Gasteiger charge is 2.21. The smallest absolute Gasteiger partial charge is 0.322 e. The third-order valence-electron chi connectivity index (χ3n) is 2.31. The summed E-state index contributed by atoms with van der Waals surface area (Å²) in [6.07, 6.45) is 0. The van der Waals surface area contributed by atoms with E-state index in [9.17, 15) is 4.79 Å². The van der Waals surface area contributed by atoms with E-state index in [1.54, 1.807) is 11.9 Å². The molecule has 0 unspecified atom stereocenters. The monoisotopic (exact) mass is 241 g/mol. The van der Waals surface area contributed by atoms with Crippen LogP contribution >= 0.6 is 11.5 Å². The van der Waals surface area contributed by atoms with E-state index in [1.807, 2.05) is 13.0 Å². The molecule has 0 saturated heterocycles. The summed E-state index contributed by atoms with van der Waals surface area (Å²) in [4.78, 5) is 13.3. The van der Waals surface area contributed by atoms with Crippen LogP contribution in [0.25, 0.3) is 0 Å². The van der Waals surface area contributed by atoms with Crippen molar-refractivity contribution in [3.8, 4) is 0 Å². The Kier molecular flexibility index (Phi) is 3.91. The predicted octanol–water partition coefficient (Wildman–Crippen LogP) is 2.61. The maximum atomic E-state index is 11.6. The first-order chi connectivity index (χ1) is 7.40. The molecule has 2 amide bonds. The van der Waals surface area contributed by atoms with Crippen molar-refractivity contribution in [3.63, 3.8) is 0 Å². The molecule has 0 saturated carbocycles. The summed E-state index contributed by atoms with van der Waals surface area (Å²) in [6, 6.07) is 1.90. The summed E-state index contributed by atoms with van der Waals surface area (Å²) in [6.45, 7) is 8.93. The lowest BCUT2D eigenvalue weighted by Crippen LogP contribution is -2.37. The summed E-state index contributed by atoms with van der Waals surface area (Å²) in [5, 5.41) is 3.52. The molecule has 0 fully saturated rings. The van der Waals surface area contributed by atoms with E-state index in [0.717, 1.165) is 10.7 Å². The van der Waals surface area contributed by atoms with Crippen molar-refractivity contribution in [1.29, 1.82) is 0 Å². The van der Waals surface area contributed by atoms with E-state index in [0.29, 0.717) is 6.54 Å². The van der Waals surface area contributed by atoms with Crippen molar-refractivity contribution in [2.75, 3.05) is 18.5 Å². The minimum absolute atomic E-state index is 0.0247. The highest BCUT2D eigenvalue weighted by atomic mass is 32.1. The molecule has 1 N–H and O–H groups in total. The lowest BCUT2D eigenvalue weighted by molar-refractivity contribution is 0.248. The van der Waals surface area contributed by atoms with Gasteiger partial charge in [-0.3, -0.25) is 4.90 Å². The zero-order valence-corrected chi connectivity index (χ0v) is 11.3. The lowest BCUT2D eigenvalue weighted by atomic mass is 9.92. The Labute approximate surface area is 101 Å². The first-order valence-corrected chi connectivity index (χ1v) is 6.14. The maximum Gasteiger partial charge on any atom is 0.322 e. The first-order valence-electron chi connectivity index (χ1n) is 5.36. The molecule has 1 aromatic heterocycles. The Morgan fingerprint density at radius 1 is 1.56 bits per heavy atom. The number of urea groups is 1. The fraction of sp³-hybridized carbons (Fsp3) is 0.636. The third-order valence-corrected chi connectivity index (χ3v) is 3.12. The molecule has 0 bridgehead atoms. The van der Waals surface area contributed by atoms with Crippen molar-refractivity contribution < 1.29 is 4.79 Å². The van der Waals surface area contributed by atoms with Gasteiger partial charge in [-0.2, -0.15) is 4.37 Å². The highest BCUT2D eigenvalue weighted by Crippen LogP contribution is 2.29. The van der Waals surface area contributed by atoms with Crippen LogP contribution in [-0.4, -0.2) is 24.0 Å². The Morgan fingerprint density at radius 2 is 2.19 bits per heavy atom.